The zero-order valence-corrected chi connectivity index (χ0v) is 9.80. The van der Waals surface area contributed by atoms with E-state index in [-0.39, 0.29) is 0 Å². The van der Waals surface area contributed by atoms with Crippen LogP contribution in [0.2, 0.25) is 0 Å². The summed E-state index contributed by atoms with van der Waals surface area (Å²) in [6.45, 7) is 6.04. The number of carbonyl (C=O) groups excluding carboxylic acids is 1. The molecular weight excluding hydrogens is 206 g/mol. The van der Waals surface area contributed by atoms with Gasteiger partial charge in [0.1, 0.15) is 0 Å². The molecule has 5 heteroatoms. The number of amides is 1. The summed E-state index contributed by atoms with van der Waals surface area (Å²) in [5.41, 5.74) is 3.24. The second-order valence-electron chi connectivity index (χ2n) is 4.29. The van der Waals surface area contributed by atoms with Gasteiger partial charge in [0, 0.05) is 6.20 Å². The maximum Gasteiger partial charge on any atom is 0.249 e. The number of hydrazine groups is 1. The number of nitrogens with one attached hydrogen (secondary N) is 1. The number of hydrogen-bond donors (Lipinski definition) is 1. The molecule has 0 spiro atoms. The fraction of sp³-hybridized carbons (Fsp3) is 0.455. The van der Waals surface area contributed by atoms with Crippen LogP contribution in [0.3, 0.4) is 0 Å². The number of hydroxylamine groups is 1. The van der Waals surface area contributed by atoms with E-state index < -0.39 is 5.60 Å². The van der Waals surface area contributed by atoms with E-state index in [1.807, 2.05) is 39.0 Å². The second kappa shape index (κ2) is 5.58. The lowest BCUT2D eigenvalue weighted by Gasteiger charge is -2.26. The lowest BCUT2D eigenvalue weighted by molar-refractivity contribution is -0.239. The van der Waals surface area contributed by atoms with Crippen molar-refractivity contribution in [3.8, 4) is 0 Å². The Morgan fingerprint density at radius 3 is 2.75 bits per heavy atom. The number of pyridine rings is 1. The third kappa shape index (κ3) is 4.86. The molecule has 88 valence electrons. The molecule has 1 rings (SSSR count). The van der Waals surface area contributed by atoms with Gasteiger partial charge in [0.25, 0.3) is 0 Å². The lowest BCUT2D eigenvalue weighted by Crippen LogP contribution is -2.42. The van der Waals surface area contributed by atoms with E-state index in [1.165, 1.54) is 0 Å². The van der Waals surface area contributed by atoms with Gasteiger partial charge in [0.15, 0.2) is 0 Å². The maximum atomic E-state index is 10.7. The standard InChI is InChI=1S/C11H17N3O2/c1-11(2,3)16-14(9-15)13-8-10-6-4-5-7-12-10/h4-7,9,13H,8H2,1-3H3. The van der Waals surface area contributed by atoms with Gasteiger partial charge in [-0.1, -0.05) is 6.07 Å². The molecule has 1 amide bonds. The molecule has 0 aromatic carbocycles. The molecule has 1 N–H and O–H groups in total. The van der Waals surface area contributed by atoms with E-state index in [2.05, 4.69) is 10.4 Å². The minimum atomic E-state index is -0.419. The van der Waals surface area contributed by atoms with Crippen molar-refractivity contribution in [2.75, 3.05) is 0 Å². The van der Waals surface area contributed by atoms with Gasteiger partial charge in [-0.05, 0) is 32.9 Å². The summed E-state index contributed by atoms with van der Waals surface area (Å²) >= 11 is 0. The Morgan fingerprint density at radius 1 is 1.50 bits per heavy atom. The summed E-state index contributed by atoms with van der Waals surface area (Å²) in [5.74, 6) is 0. The van der Waals surface area contributed by atoms with Crippen molar-refractivity contribution < 1.29 is 9.63 Å². The molecule has 0 unspecified atom stereocenters. The number of aromatic nitrogens is 1. The molecule has 1 aromatic rings. The van der Waals surface area contributed by atoms with Crippen molar-refractivity contribution in [3.05, 3.63) is 30.1 Å². The minimum Gasteiger partial charge on any atom is -0.275 e. The highest BCUT2D eigenvalue weighted by atomic mass is 16.7. The Morgan fingerprint density at radius 2 is 2.25 bits per heavy atom. The van der Waals surface area contributed by atoms with Crippen molar-refractivity contribution in [2.45, 2.75) is 32.9 Å². The van der Waals surface area contributed by atoms with Crippen LogP contribution in [0, 0.1) is 0 Å². The van der Waals surface area contributed by atoms with Crippen LogP contribution in [0.4, 0.5) is 0 Å². The Hall–Kier alpha value is -1.46. The van der Waals surface area contributed by atoms with Gasteiger partial charge in [-0.2, -0.15) is 5.17 Å². The predicted octanol–water partition coefficient (Wildman–Crippen LogP) is 1.27. The fourth-order valence-electron chi connectivity index (χ4n) is 1.05. The van der Waals surface area contributed by atoms with Gasteiger partial charge in [-0.3, -0.25) is 9.78 Å². The molecule has 0 radical (unpaired) electrons. The van der Waals surface area contributed by atoms with E-state index in [9.17, 15) is 4.79 Å². The second-order valence-corrected chi connectivity index (χ2v) is 4.29. The van der Waals surface area contributed by atoms with E-state index >= 15 is 0 Å². The number of hydrogen-bond acceptors (Lipinski definition) is 4. The van der Waals surface area contributed by atoms with E-state index in [0.717, 1.165) is 10.9 Å². The van der Waals surface area contributed by atoms with Gasteiger partial charge in [0.2, 0.25) is 6.41 Å². The Labute approximate surface area is 95.3 Å². The Bertz CT molecular complexity index is 322. The number of nitrogens with zero attached hydrogens (tertiary/aromatic N) is 2. The first-order valence-corrected chi connectivity index (χ1v) is 5.08. The number of carbonyl (C=O) groups is 1. The molecule has 0 saturated carbocycles. The summed E-state index contributed by atoms with van der Waals surface area (Å²) in [6.07, 6.45) is 2.29. The first kappa shape index (κ1) is 12.6. The molecule has 0 aliphatic heterocycles. The zero-order valence-electron chi connectivity index (χ0n) is 9.80. The van der Waals surface area contributed by atoms with Crippen LogP contribution < -0.4 is 5.43 Å². The molecule has 0 saturated heterocycles. The van der Waals surface area contributed by atoms with Crippen molar-refractivity contribution >= 4 is 6.41 Å². The molecule has 5 nitrogen and oxygen atoms in total. The van der Waals surface area contributed by atoms with Crippen LogP contribution in [0.25, 0.3) is 0 Å². The van der Waals surface area contributed by atoms with Gasteiger partial charge in [-0.25, -0.2) is 10.3 Å². The molecule has 0 bridgehead atoms. The average molecular weight is 223 g/mol. The molecule has 1 heterocycles. The van der Waals surface area contributed by atoms with Crippen LogP contribution in [0.1, 0.15) is 26.5 Å². The van der Waals surface area contributed by atoms with E-state index in [1.54, 1.807) is 6.20 Å². The quantitative estimate of drug-likeness (QED) is 0.603. The van der Waals surface area contributed by atoms with Gasteiger partial charge in [0.05, 0.1) is 17.8 Å². The summed E-state index contributed by atoms with van der Waals surface area (Å²) in [6, 6.07) is 5.60. The van der Waals surface area contributed by atoms with Crippen molar-refractivity contribution in [2.24, 2.45) is 0 Å². The summed E-state index contributed by atoms with van der Waals surface area (Å²) in [4.78, 5) is 20.2. The van der Waals surface area contributed by atoms with Crippen LogP contribution in [0.5, 0.6) is 0 Å². The highest BCUT2D eigenvalue weighted by Gasteiger charge is 2.15. The molecule has 0 aliphatic rings. The summed E-state index contributed by atoms with van der Waals surface area (Å²) in [7, 11) is 0. The van der Waals surface area contributed by atoms with Crippen LogP contribution >= 0.6 is 0 Å². The summed E-state index contributed by atoms with van der Waals surface area (Å²) < 4.78 is 0. The Balaban J connectivity index is 2.43. The third-order valence-electron chi connectivity index (χ3n) is 1.61. The van der Waals surface area contributed by atoms with Crippen molar-refractivity contribution in [1.82, 2.24) is 15.6 Å². The largest absolute Gasteiger partial charge is 0.275 e. The zero-order chi connectivity index (χ0) is 12.0. The minimum absolute atomic E-state index is 0.419. The smallest absolute Gasteiger partial charge is 0.249 e. The van der Waals surface area contributed by atoms with Crippen LogP contribution in [-0.4, -0.2) is 22.2 Å². The third-order valence-corrected chi connectivity index (χ3v) is 1.61. The first-order valence-electron chi connectivity index (χ1n) is 5.08. The van der Waals surface area contributed by atoms with Gasteiger partial charge >= 0.3 is 0 Å². The number of rotatable bonds is 5. The van der Waals surface area contributed by atoms with Crippen LogP contribution in [-0.2, 0) is 16.2 Å². The SMILES string of the molecule is CC(C)(C)ON(C=O)NCc1ccccn1. The molecule has 1 aromatic heterocycles. The highest BCUT2D eigenvalue weighted by Crippen LogP contribution is 2.07. The average Bonchev–Trinajstić information content (AvgIpc) is 2.24. The lowest BCUT2D eigenvalue weighted by atomic mass is 10.2. The Kier molecular flexibility index (Phi) is 4.39. The van der Waals surface area contributed by atoms with Gasteiger partial charge < -0.3 is 0 Å². The fourth-order valence-corrected chi connectivity index (χ4v) is 1.05. The highest BCUT2D eigenvalue weighted by molar-refractivity contribution is 5.44. The molecular formula is C11H17N3O2. The topological polar surface area (TPSA) is 54.5 Å². The molecule has 0 fully saturated rings. The van der Waals surface area contributed by atoms with Crippen LogP contribution in [0.15, 0.2) is 24.4 Å². The predicted molar refractivity (Wildman–Crippen MR) is 59.8 cm³/mol. The molecule has 0 atom stereocenters. The molecule has 0 aliphatic carbocycles. The molecule has 16 heavy (non-hydrogen) atoms. The maximum absolute atomic E-state index is 10.7. The van der Waals surface area contributed by atoms with Gasteiger partial charge in [-0.15, -0.1) is 0 Å². The monoisotopic (exact) mass is 223 g/mol. The van der Waals surface area contributed by atoms with Crippen molar-refractivity contribution in [1.29, 1.82) is 0 Å². The summed E-state index contributed by atoms with van der Waals surface area (Å²) in [5, 5.41) is 1.06. The first-order chi connectivity index (χ1) is 7.51. The van der Waals surface area contributed by atoms with Crippen molar-refractivity contribution in [3.63, 3.8) is 0 Å². The normalized spacial score (nSPS) is 11.2. The van der Waals surface area contributed by atoms with E-state index in [0.29, 0.717) is 13.0 Å². The van der Waals surface area contributed by atoms with E-state index in [4.69, 9.17) is 4.84 Å².